The van der Waals surface area contributed by atoms with Crippen LogP contribution in [0.15, 0.2) is 0 Å². The lowest BCUT2D eigenvalue weighted by Gasteiger charge is -2.26. The van der Waals surface area contributed by atoms with Crippen LogP contribution in [0.1, 0.15) is 32.1 Å². The summed E-state index contributed by atoms with van der Waals surface area (Å²) in [6.45, 7) is -5.95. The summed E-state index contributed by atoms with van der Waals surface area (Å²) in [5.41, 5.74) is 5.51. The number of carbonyl (C=O) groups is 9. The third-order valence-electron chi connectivity index (χ3n) is 8.77. The van der Waals surface area contributed by atoms with Crippen LogP contribution in [0, 0.1) is 0 Å². The number of aliphatic carboxylic acids is 1. The number of nitrogens with one attached hydrogen (secondary N) is 8. The van der Waals surface area contributed by atoms with Crippen molar-refractivity contribution in [3.8, 4) is 0 Å². The first-order valence-corrected chi connectivity index (χ1v) is 19.9. The average Bonchev–Trinajstić information content (AvgIpc) is 3.28. The molecule has 21 N–H and O–H groups in total. The molecule has 0 rings (SSSR count). The summed E-state index contributed by atoms with van der Waals surface area (Å²) in [6.07, 6.45) is -17.1. The van der Waals surface area contributed by atoms with Gasteiger partial charge in [-0.2, -0.15) is 0 Å². The first-order chi connectivity index (χ1) is 30.5. The van der Waals surface area contributed by atoms with Crippen molar-refractivity contribution in [1.82, 2.24) is 42.5 Å². The number of hydrogen-bond acceptors (Lipinski definition) is 21. The van der Waals surface area contributed by atoms with E-state index in [0.29, 0.717) is 0 Å². The Morgan fingerprint density at radius 3 is 1.38 bits per heavy atom. The SMILES string of the molecule is N[C@@H](CCC(=O)O)C(=O)NCC(=O)NCC(=O)NCC(=O)NCC(=O)NCCOCCC(=O)N[C@@H](CCC(=O)NC[C@H](O)[C@@H](O)[C@H](O)[C@H](O)CO)C(=O)NC[C@H](O)[C@@H](O)[C@H](O)[C@H](O)CO. The zero-order valence-corrected chi connectivity index (χ0v) is 35.2. The maximum atomic E-state index is 13.0. The molecule has 0 radical (unpaired) electrons. The zero-order valence-electron chi connectivity index (χ0n) is 35.2. The molecule has 374 valence electrons. The molecule has 30 heteroatoms. The third-order valence-corrected chi connectivity index (χ3v) is 8.77. The first-order valence-electron chi connectivity index (χ1n) is 19.9. The van der Waals surface area contributed by atoms with Gasteiger partial charge in [-0.05, 0) is 12.8 Å². The monoisotopic (exact) mass is 945 g/mol. The van der Waals surface area contributed by atoms with Crippen LogP contribution in [0.5, 0.6) is 0 Å². The summed E-state index contributed by atoms with van der Waals surface area (Å²) in [6, 6.07) is -2.64. The van der Waals surface area contributed by atoms with Gasteiger partial charge >= 0.3 is 5.97 Å². The molecule has 0 spiro atoms. The van der Waals surface area contributed by atoms with Crippen molar-refractivity contribution in [2.45, 2.75) is 93.0 Å². The lowest BCUT2D eigenvalue weighted by Crippen LogP contribution is -2.53. The van der Waals surface area contributed by atoms with Crippen LogP contribution in [0.2, 0.25) is 0 Å². The summed E-state index contributed by atoms with van der Waals surface area (Å²) >= 11 is 0. The lowest BCUT2D eigenvalue weighted by atomic mass is 10.0. The number of hydrogen-bond donors (Lipinski definition) is 20. The van der Waals surface area contributed by atoms with Crippen molar-refractivity contribution >= 4 is 53.2 Å². The van der Waals surface area contributed by atoms with Crippen molar-refractivity contribution in [3.05, 3.63) is 0 Å². The normalized spacial score (nSPS) is 15.7. The first kappa shape index (κ1) is 59.8. The Morgan fingerprint density at radius 2 is 0.908 bits per heavy atom. The summed E-state index contributed by atoms with van der Waals surface area (Å²) in [5, 5.41) is 123. The molecule has 65 heavy (non-hydrogen) atoms. The van der Waals surface area contributed by atoms with Gasteiger partial charge in [-0.3, -0.25) is 43.2 Å². The van der Waals surface area contributed by atoms with E-state index in [9.17, 15) is 84.0 Å². The smallest absolute Gasteiger partial charge is 0.303 e. The number of aliphatic hydroxyl groups excluding tert-OH is 10. The fourth-order valence-corrected chi connectivity index (χ4v) is 4.84. The van der Waals surface area contributed by atoms with Crippen molar-refractivity contribution < 1.29 is 104 Å². The minimum atomic E-state index is -2.03. The molecule has 0 aromatic heterocycles. The molecule has 0 aromatic carbocycles. The molecule has 0 heterocycles. The van der Waals surface area contributed by atoms with Crippen molar-refractivity contribution in [2.24, 2.45) is 5.73 Å². The van der Waals surface area contributed by atoms with Crippen molar-refractivity contribution in [1.29, 1.82) is 0 Å². The van der Waals surface area contributed by atoms with E-state index in [1.807, 2.05) is 0 Å². The van der Waals surface area contributed by atoms with Crippen molar-refractivity contribution in [2.75, 3.05) is 72.2 Å². The van der Waals surface area contributed by atoms with Crippen LogP contribution in [0.25, 0.3) is 0 Å². The highest BCUT2D eigenvalue weighted by molar-refractivity contribution is 5.92. The molecular weight excluding hydrogens is 882 g/mol. The Bertz CT molecular complexity index is 1530. The molecular formula is C35H63N9O21. The quantitative estimate of drug-likeness (QED) is 0.0262. The highest BCUT2D eigenvalue weighted by atomic mass is 16.5. The van der Waals surface area contributed by atoms with Crippen LogP contribution in [0.3, 0.4) is 0 Å². The number of carboxylic acid groups (broad SMARTS) is 1. The molecule has 8 amide bonds. The van der Waals surface area contributed by atoms with E-state index in [-0.39, 0.29) is 39.0 Å². The Hall–Kier alpha value is -5.25. The molecule has 0 aliphatic carbocycles. The van der Waals surface area contributed by atoms with Gasteiger partial charge in [0, 0.05) is 38.9 Å². The number of amides is 8. The second-order valence-corrected chi connectivity index (χ2v) is 14.1. The van der Waals surface area contributed by atoms with Gasteiger partial charge in [0.05, 0.1) is 70.9 Å². The van der Waals surface area contributed by atoms with Gasteiger partial charge in [-0.15, -0.1) is 0 Å². The van der Waals surface area contributed by atoms with E-state index in [4.69, 9.17) is 25.8 Å². The molecule has 0 aliphatic heterocycles. The second-order valence-electron chi connectivity index (χ2n) is 14.1. The van der Waals surface area contributed by atoms with E-state index in [2.05, 4.69) is 42.5 Å². The number of aliphatic hydroxyl groups is 10. The van der Waals surface area contributed by atoms with E-state index >= 15 is 0 Å². The summed E-state index contributed by atoms with van der Waals surface area (Å²) < 4.78 is 5.28. The van der Waals surface area contributed by atoms with Gasteiger partial charge < -0.3 is 109 Å². The highest BCUT2D eigenvalue weighted by Gasteiger charge is 2.32. The standard InChI is InChI=1S/C35H63N9O21/c36-17(1-4-29(57)58)34(63)43-14-28(56)41-13-27(55)40-12-26(54)39-11-25(53)37-6-8-65-7-5-24(52)44-18(35(64)42-10-20(48)31(60)33(62)22(50)16-46)2-3-23(51)38-9-19(47)30(59)32(61)21(49)15-45/h17-22,30-33,45-50,59-62H,1-16,36H2,(H,37,53)(H,38,51)(H,39,54)(H,40,55)(H,41,56)(H,42,64)(H,43,63)(H,44,52)(H,57,58)/t17-,18-,19-,20-,21+,22+,30+,31+,32+,33+/m0/s1. The van der Waals surface area contributed by atoms with Crippen LogP contribution < -0.4 is 48.3 Å². The summed E-state index contributed by atoms with van der Waals surface area (Å²) in [5.74, 6) is -7.52. The molecule has 0 aromatic rings. The Kier molecular flexibility index (Phi) is 30.6. The minimum Gasteiger partial charge on any atom is -0.481 e. The van der Waals surface area contributed by atoms with E-state index < -0.39 is 179 Å². The fraction of sp³-hybridized carbons (Fsp3) is 0.743. The molecule has 30 nitrogen and oxygen atoms in total. The predicted octanol–water partition coefficient (Wildman–Crippen LogP) is -12.5. The van der Waals surface area contributed by atoms with Crippen LogP contribution >= 0.6 is 0 Å². The van der Waals surface area contributed by atoms with Crippen LogP contribution in [-0.4, -0.2) is 243 Å². The van der Waals surface area contributed by atoms with E-state index in [0.717, 1.165) is 0 Å². The Labute approximate surface area is 370 Å². The van der Waals surface area contributed by atoms with Gasteiger partial charge in [0.1, 0.15) is 42.7 Å². The molecule has 0 bridgehead atoms. The molecule has 0 unspecified atom stereocenters. The second kappa shape index (κ2) is 33.3. The molecule has 10 atom stereocenters. The number of nitrogens with two attached hydrogens (primary N) is 1. The lowest BCUT2D eigenvalue weighted by molar-refractivity contribution is -0.137. The van der Waals surface area contributed by atoms with E-state index in [1.165, 1.54) is 0 Å². The van der Waals surface area contributed by atoms with Gasteiger partial charge in [-0.1, -0.05) is 0 Å². The number of carboxylic acids is 1. The Balaban J connectivity index is 4.78. The van der Waals surface area contributed by atoms with Crippen LogP contribution in [-0.2, 0) is 47.9 Å². The topological polar surface area (TPSA) is 508 Å². The number of carbonyl (C=O) groups excluding carboxylic acids is 8. The largest absolute Gasteiger partial charge is 0.481 e. The van der Waals surface area contributed by atoms with Crippen LogP contribution in [0.4, 0.5) is 0 Å². The molecule has 0 saturated heterocycles. The highest BCUT2D eigenvalue weighted by Crippen LogP contribution is 2.07. The van der Waals surface area contributed by atoms with Gasteiger partial charge in [0.15, 0.2) is 0 Å². The predicted molar refractivity (Wildman–Crippen MR) is 215 cm³/mol. The zero-order chi connectivity index (χ0) is 49.6. The maximum Gasteiger partial charge on any atom is 0.303 e. The Morgan fingerprint density at radius 1 is 0.462 bits per heavy atom. The number of rotatable bonds is 35. The fourth-order valence-electron chi connectivity index (χ4n) is 4.84. The third kappa shape index (κ3) is 27.0. The summed E-state index contributed by atoms with van der Waals surface area (Å²) in [7, 11) is 0. The van der Waals surface area contributed by atoms with Gasteiger partial charge in [0.2, 0.25) is 47.3 Å². The van der Waals surface area contributed by atoms with Crippen molar-refractivity contribution in [3.63, 3.8) is 0 Å². The average molecular weight is 946 g/mol. The molecule has 0 aliphatic rings. The van der Waals surface area contributed by atoms with Gasteiger partial charge in [0.25, 0.3) is 0 Å². The minimum absolute atomic E-state index is 0.0907. The molecule has 0 saturated carbocycles. The van der Waals surface area contributed by atoms with Gasteiger partial charge in [-0.25, -0.2) is 0 Å². The van der Waals surface area contributed by atoms with E-state index in [1.54, 1.807) is 0 Å². The molecule has 0 fully saturated rings. The maximum absolute atomic E-state index is 13.0. The summed E-state index contributed by atoms with van der Waals surface area (Å²) in [4.78, 5) is 108. The number of ether oxygens (including phenoxy) is 1.